The first-order chi connectivity index (χ1) is 14.0. The number of pyridine rings is 1. The van der Waals surface area contributed by atoms with Gasteiger partial charge in [-0.05, 0) is 31.4 Å². The molecule has 0 bridgehead atoms. The summed E-state index contributed by atoms with van der Waals surface area (Å²) in [4.78, 5) is 42.0. The lowest BCUT2D eigenvalue weighted by Crippen LogP contribution is -2.57. The lowest BCUT2D eigenvalue weighted by atomic mass is 9.71. The molecule has 0 aliphatic carbocycles. The first-order valence-corrected chi connectivity index (χ1v) is 9.82. The Morgan fingerprint density at radius 2 is 1.93 bits per heavy atom. The van der Waals surface area contributed by atoms with Gasteiger partial charge < -0.3 is 14.5 Å². The van der Waals surface area contributed by atoms with Crippen molar-refractivity contribution in [3.63, 3.8) is 0 Å². The van der Waals surface area contributed by atoms with Gasteiger partial charge in [0.05, 0.1) is 17.1 Å². The normalized spacial score (nSPS) is 21.4. The van der Waals surface area contributed by atoms with Gasteiger partial charge in [0.25, 0.3) is 5.91 Å². The molecule has 2 aliphatic heterocycles. The number of ether oxygens (including phenoxy) is 1. The third kappa shape index (κ3) is 3.72. The monoisotopic (exact) mass is 395 g/mol. The van der Waals surface area contributed by atoms with E-state index in [-0.39, 0.29) is 17.9 Å². The SMILES string of the molecule is COC1CN(C)C(=O)C2(CCN(C(=O)c3cnc(-c4cccnc4)nc3)CC2)C1. The van der Waals surface area contributed by atoms with E-state index in [0.29, 0.717) is 43.9 Å². The maximum atomic E-state index is 12.9. The Balaban J connectivity index is 1.43. The second-order valence-electron chi connectivity index (χ2n) is 7.86. The van der Waals surface area contributed by atoms with E-state index in [9.17, 15) is 9.59 Å². The fourth-order valence-corrected chi connectivity index (χ4v) is 4.36. The van der Waals surface area contributed by atoms with Gasteiger partial charge >= 0.3 is 0 Å². The zero-order chi connectivity index (χ0) is 20.4. The van der Waals surface area contributed by atoms with Gasteiger partial charge in [-0.3, -0.25) is 14.6 Å². The van der Waals surface area contributed by atoms with E-state index in [2.05, 4.69) is 15.0 Å². The minimum atomic E-state index is -0.425. The van der Waals surface area contributed by atoms with Crippen molar-refractivity contribution in [2.75, 3.05) is 33.8 Å². The molecule has 2 aromatic heterocycles. The fraction of sp³-hybridized carbons (Fsp3) is 0.476. The van der Waals surface area contributed by atoms with Crippen LogP contribution in [0.1, 0.15) is 29.6 Å². The number of hydrogen-bond acceptors (Lipinski definition) is 6. The maximum absolute atomic E-state index is 12.9. The van der Waals surface area contributed by atoms with Gasteiger partial charge in [0.2, 0.25) is 5.91 Å². The summed E-state index contributed by atoms with van der Waals surface area (Å²) in [6.45, 7) is 1.71. The van der Waals surface area contributed by atoms with Crippen molar-refractivity contribution in [3.8, 4) is 11.4 Å². The third-order valence-corrected chi connectivity index (χ3v) is 6.06. The lowest BCUT2D eigenvalue weighted by Gasteiger charge is -2.47. The molecule has 152 valence electrons. The Hall–Kier alpha value is -2.87. The number of likely N-dealkylation sites (N-methyl/N-ethyl adjacent to an activating group) is 1. The number of methoxy groups -OCH3 is 1. The number of rotatable bonds is 3. The summed E-state index contributed by atoms with van der Waals surface area (Å²) in [5, 5.41) is 0. The summed E-state index contributed by atoms with van der Waals surface area (Å²) in [6, 6.07) is 3.69. The zero-order valence-electron chi connectivity index (χ0n) is 16.7. The average molecular weight is 395 g/mol. The Kier molecular flexibility index (Phi) is 5.27. The second kappa shape index (κ2) is 7.87. The average Bonchev–Trinajstić information content (AvgIpc) is 2.78. The van der Waals surface area contributed by atoms with Gasteiger partial charge in [-0.2, -0.15) is 0 Å². The molecule has 4 heterocycles. The predicted octanol–water partition coefficient (Wildman–Crippen LogP) is 1.64. The number of piperidine rings is 2. The van der Waals surface area contributed by atoms with Crippen molar-refractivity contribution in [2.45, 2.75) is 25.4 Å². The molecule has 8 heteroatoms. The van der Waals surface area contributed by atoms with Crippen molar-refractivity contribution >= 4 is 11.8 Å². The highest BCUT2D eigenvalue weighted by Crippen LogP contribution is 2.41. The number of likely N-dealkylation sites (tertiary alicyclic amines) is 2. The number of carbonyl (C=O) groups is 2. The number of hydrogen-bond donors (Lipinski definition) is 0. The van der Waals surface area contributed by atoms with Gasteiger partial charge in [0, 0.05) is 64.1 Å². The van der Waals surface area contributed by atoms with Crippen molar-refractivity contribution < 1.29 is 14.3 Å². The van der Waals surface area contributed by atoms with Crippen molar-refractivity contribution in [1.82, 2.24) is 24.8 Å². The first-order valence-electron chi connectivity index (χ1n) is 9.82. The summed E-state index contributed by atoms with van der Waals surface area (Å²) in [5.74, 6) is 0.605. The minimum Gasteiger partial charge on any atom is -0.380 e. The summed E-state index contributed by atoms with van der Waals surface area (Å²) in [6.07, 6.45) is 8.56. The van der Waals surface area contributed by atoms with Crippen LogP contribution in [0.15, 0.2) is 36.9 Å². The Morgan fingerprint density at radius 3 is 2.55 bits per heavy atom. The van der Waals surface area contributed by atoms with E-state index in [1.807, 2.05) is 19.2 Å². The molecule has 1 atom stereocenters. The van der Waals surface area contributed by atoms with Crippen LogP contribution in [-0.4, -0.2) is 76.5 Å². The highest BCUT2D eigenvalue weighted by atomic mass is 16.5. The van der Waals surface area contributed by atoms with Crippen LogP contribution in [0.4, 0.5) is 0 Å². The van der Waals surface area contributed by atoms with E-state index >= 15 is 0 Å². The number of nitrogens with zero attached hydrogens (tertiary/aromatic N) is 5. The summed E-state index contributed by atoms with van der Waals surface area (Å²) >= 11 is 0. The molecular weight excluding hydrogens is 370 g/mol. The van der Waals surface area contributed by atoms with E-state index in [4.69, 9.17) is 4.74 Å². The molecule has 29 heavy (non-hydrogen) atoms. The molecule has 2 aromatic rings. The van der Waals surface area contributed by atoms with Crippen LogP contribution in [-0.2, 0) is 9.53 Å². The second-order valence-corrected chi connectivity index (χ2v) is 7.86. The van der Waals surface area contributed by atoms with Crippen LogP contribution in [0.5, 0.6) is 0 Å². The van der Waals surface area contributed by atoms with Crippen molar-refractivity contribution in [3.05, 3.63) is 42.5 Å². The number of carbonyl (C=O) groups excluding carboxylic acids is 2. The highest BCUT2D eigenvalue weighted by Gasteiger charge is 2.48. The maximum Gasteiger partial charge on any atom is 0.256 e. The van der Waals surface area contributed by atoms with Crippen molar-refractivity contribution in [2.24, 2.45) is 5.41 Å². The molecule has 0 aromatic carbocycles. The van der Waals surface area contributed by atoms with E-state index in [0.717, 1.165) is 12.0 Å². The van der Waals surface area contributed by atoms with E-state index in [1.165, 1.54) is 0 Å². The van der Waals surface area contributed by atoms with Crippen LogP contribution < -0.4 is 0 Å². The molecular formula is C21H25N5O3. The summed E-state index contributed by atoms with van der Waals surface area (Å²) in [5.41, 5.74) is 0.833. The van der Waals surface area contributed by atoms with Gasteiger partial charge in [-0.15, -0.1) is 0 Å². The first kappa shape index (κ1) is 19.4. The van der Waals surface area contributed by atoms with E-state index < -0.39 is 5.41 Å². The molecule has 2 aliphatic rings. The van der Waals surface area contributed by atoms with Crippen molar-refractivity contribution in [1.29, 1.82) is 0 Å². The Bertz CT molecular complexity index is 879. The molecule has 0 saturated carbocycles. The van der Waals surface area contributed by atoms with Crippen LogP contribution in [0.25, 0.3) is 11.4 Å². The number of aromatic nitrogens is 3. The van der Waals surface area contributed by atoms with Crippen LogP contribution in [0, 0.1) is 5.41 Å². The molecule has 0 N–H and O–H groups in total. The van der Waals surface area contributed by atoms with Crippen LogP contribution in [0.3, 0.4) is 0 Å². The molecule has 2 amide bonds. The molecule has 0 radical (unpaired) electrons. The quantitative estimate of drug-likeness (QED) is 0.785. The standard InChI is InChI=1S/C21H25N5O3/c1-25-14-17(29-2)10-21(20(25)28)5-8-26(9-6-21)19(27)16-12-23-18(24-13-16)15-4-3-7-22-11-15/h3-4,7,11-13,17H,5-6,8-10,14H2,1-2H3. The molecule has 4 rings (SSSR count). The predicted molar refractivity (Wildman–Crippen MR) is 106 cm³/mol. The number of amides is 2. The molecule has 1 unspecified atom stereocenters. The lowest BCUT2D eigenvalue weighted by molar-refractivity contribution is -0.155. The zero-order valence-corrected chi connectivity index (χ0v) is 16.7. The third-order valence-electron chi connectivity index (χ3n) is 6.06. The smallest absolute Gasteiger partial charge is 0.256 e. The van der Waals surface area contributed by atoms with Gasteiger partial charge in [-0.1, -0.05) is 0 Å². The van der Waals surface area contributed by atoms with Crippen LogP contribution >= 0.6 is 0 Å². The highest BCUT2D eigenvalue weighted by molar-refractivity contribution is 5.94. The van der Waals surface area contributed by atoms with Crippen LogP contribution in [0.2, 0.25) is 0 Å². The molecule has 8 nitrogen and oxygen atoms in total. The van der Waals surface area contributed by atoms with E-state index in [1.54, 1.807) is 41.7 Å². The molecule has 1 spiro atoms. The van der Waals surface area contributed by atoms with Gasteiger partial charge in [-0.25, -0.2) is 9.97 Å². The minimum absolute atomic E-state index is 0.0494. The summed E-state index contributed by atoms with van der Waals surface area (Å²) < 4.78 is 5.53. The Labute approximate surface area is 169 Å². The molecule has 2 fully saturated rings. The van der Waals surface area contributed by atoms with Gasteiger partial charge in [0.1, 0.15) is 0 Å². The topological polar surface area (TPSA) is 88.5 Å². The Morgan fingerprint density at radius 1 is 1.21 bits per heavy atom. The largest absolute Gasteiger partial charge is 0.380 e. The fourth-order valence-electron chi connectivity index (χ4n) is 4.36. The summed E-state index contributed by atoms with van der Waals surface area (Å²) in [7, 11) is 3.52. The van der Waals surface area contributed by atoms with Gasteiger partial charge in [0.15, 0.2) is 5.82 Å². The molecule has 2 saturated heterocycles.